The number of likely N-dealkylation sites (tertiary alicyclic amines) is 1. The Morgan fingerprint density at radius 2 is 1.54 bits per heavy atom. The third-order valence-corrected chi connectivity index (χ3v) is 5.17. The Morgan fingerprint density at radius 1 is 0.964 bits per heavy atom. The minimum Gasteiger partial charge on any atom is -0.488 e. The first-order valence-corrected chi connectivity index (χ1v) is 9.59. The van der Waals surface area contributed by atoms with Crippen LogP contribution in [0.5, 0.6) is 5.75 Å². The standard InChI is InChI=1S/C23H27NO4/c1-22(2,3)28-19-11-9-17(10-12-19)20(25)24-15-13-23(14-16-24,21(26)27)18-7-5-4-6-8-18/h4-12H,13-16H2,1-3H3,(H,26,27). The summed E-state index contributed by atoms with van der Waals surface area (Å²) in [6, 6.07) is 16.4. The van der Waals surface area contributed by atoms with Gasteiger partial charge in [0.25, 0.3) is 5.91 Å². The van der Waals surface area contributed by atoms with E-state index in [4.69, 9.17) is 4.74 Å². The fourth-order valence-electron chi connectivity index (χ4n) is 3.68. The van der Waals surface area contributed by atoms with Gasteiger partial charge in [-0.2, -0.15) is 0 Å². The molecule has 1 aliphatic heterocycles. The Labute approximate surface area is 165 Å². The number of rotatable bonds is 4. The zero-order valence-electron chi connectivity index (χ0n) is 16.6. The van der Waals surface area contributed by atoms with E-state index < -0.39 is 11.4 Å². The van der Waals surface area contributed by atoms with Gasteiger partial charge in [0, 0.05) is 18.7 Å². The number of carbonyl (C=O) groups excluding carboxylic acids is 1. The van der Waals surface area contributed by atoms with Crippen molar-refractivity contribution in [1.82, 2.24) is 4.90 Å². The van der Waals surface area contributed by atoms with Gasteiger partial charge in [-0.15, -0.1) is 0 Å². The second-order valence-corrected chi connectivity index (χ2v) is 8.28. The van der Waals surface area contributed by atoms with Crippen molar-refractivity contribution >= 4 is 11.9 Å². The predicted octanol–water partition coefficient (Wildman–Crippen LogP) is 4.12. The van der Waals surface area contributed by atoms with Gasteiger partial charge in [-0.25, -0.2) is 0 Å². The van der Waals surface area contributed by atoms with E-state index >= 15 is 0 Å². The summed E-state index contributed by atoms with van der Waals surface area (Å²) in [5.74, 6) is -0.180. The quantitative estimate of drug-likeness (QED) is 0.865. The number of amides is 1. The van der Waals surface area contributed by atoms with Crippen molar-refractivity contribution in [3.63, 3.8) is 0 Å². The van der Waals surface area contributed by atoms with E-state index in [1.165, 1.54) is 0 Å². The lowest BCUT2D eigenvalue weighted by Gasteiger charge is -2.39. The molecule has 3 rings (SSSR count). The molecule has 0 aliphatic carbocycles. The third-order valence-electron chi connectivity index (χ3n) is 5.17. The average Bonchev–Trinajstić information content (AvgIpc) is 2.67. The average molecular weight is 381 g/mol. The van der Waals surface area contributed by atoms with Crippen LogP contribution in [-0.4, -0.2) is 40.6 Å². The Balaban J connectivity index is 1.70. The largest absolute Gasteiger partial charge is 0.488 e. The fraction of sp³-hybridized carbons (Fsp3) is 0.391. The molecule has 1 heterocycles. The molecule has 0 spiro atoms. The number of carboxylic acid groups (broad SMARTS) is 1. The van der Waals surface area contributed by atoms with Crippen LogP contribution in [0.1, 0.15) is 49.5 Å². The molecule has 2 aromatic carbocycles. The van der Waals surface area contributed by atoms with Gasteiger partial charge in [0.05, 0.1) is 5.41 Å². The van der Waals surface area contributed by atoms with Crippen LogP contribution in [-0.2, 0) is 10.2 Å². The number of aliphatic carboxylic acids is 1. The monoisotopic (exact) mass is 381 g/mol. The lowest BCUT2D eigenvalue weighted by atomic mass is 9.73. The molecule has 5 nitrogen and oxygen atoms in total. The van der Waals surface area contributed by atoms with Gasteiger partial charge in [-0.05, 0) is 63.4 Å². The molecule has 2 aromatic rings. The molecule has 148 valence electrons. The second kappa shape index (κ2) is 7.66. The molecular weight excluding hydrogens is 354 g/mol. The summed E-state index contributed by atoms with van der Waals surface area (Å²) in [5, 5.41) is 9.89. The van der Waals surface area contributed by atoms with Crippen molar-refractivity contribution in [2.24, 2.45) is 0 Å². The molecule has 1 amide bonds. The van der Waals surface area contributed by atoms with Crippen LogP contribution in [0, 0.1) is 0 Å². The number of benzene rings is 2. The topological polar surface area (TPSA) is 66.8 Å². The highest BCUT2D eigenvalue weighted by molar-refractivity contribution is 5.94. The molecule has 1 N–H and O–H groups in total. The van der Waals surface area contributed by atoms with Crippen LogP contribution in [0.25, 0.3) is 0 Å². The molecule has 0 atom stereocenters. The van der Waals surface area contributed by atoms with Crippen LogP contribution in [0.15, 0.2) is 54.6 Å². The summed E-state index contributed by atoms with van der Waals surface area (Å²) in [5.41, 5.74) is 0.167. The van der Waals surface area contributed by atoms with Gasteiger partial charge in [0.1, 0.15) is 11.4 Å². The predicted molar refractivity (Wildman–Crippen MR) is 108 cm³/mol. The molecular formula is C23H27NO4. The normalized spacial score (nSPS) is 16.5. The minimum atomic E-state index is -0.928. The molecule has 0 bridgehead atoms. The van der Waals surface area contributed by atoms with E-state index in [1.54, 1.807) is 29.2 Å². The first-order chi connectivity index (χ1) is 13.2. The number of piperidine rings is 1. The van der Waals surface area contributed by atoms with Gasteiger partial charge in [-0.3, -0.25) is 9.59 Å². The molecule has 1 aliphatic rings. The zero-order valence-corrected chi connectivity index (χ0v) is 16.6. The van der Waals surface area contributed by atoms with E-state index in [9.17, 15) is 14.7 Å². The number of hydrogen-bond donors (Lipinski definition) is 1. The molecule has 0 aromatic heterocycles. The summed E-state index contributed by atoms with van der Waals surface area (Å²) in [4.78, 5) is 26.6. The molecule has 1 fully saturated rings. The number of hydrogen-bond acceptors (Lipinski definition) is 3. The van der Waals surface area contributed by atoms with Crippen LogP contribution in [0.2, 0.25) is 0 Å². The zero-order chi connectivity index (χ0) is 20.4. The van der Waals surface area contributed by atoms with E-state index in [2.05, 4.69) is 0 Å². The molecule has 28 heavy (non-hydrogen) atoms. The van der Waals surface area contributed by atoms with E-state index in [0.717, 1.165) is 11.3 Å². The van der Waals surface area contributed by atoms with Crippen molar-refractivity contribution in [2.45, 2.75) is 44.6 Å². The van der Waals surface area contributed by atoms with Crippen molar-refractivity contribution in [2.75, 3.05) is 13.1 Å². The molecule has 5 heteroatoms. The number of ether oxygens (including phenoxy) is 1. The maximum atomic E-state index is 12.9. The number of carbonyl (C=O) groups is 2. The third kappa shape index (κ3) is 4.19. The van der Waals surface area contributed by atoms with Crippen molar-refractivity contribution in [3.05, 3.63) is 65.7 Å². The van der Waals surface area contributed by atoms with E-state index in [0.29, 0.717) is 31.5 Å². The molecule has 1 saturated heterocycles. The summed E-state index contributed by atoms with van der Waals surface area (Å²) in [6.07, 6.45) is 0.812. The second-order valence-electron chi connectivity index (χ2n) is 8.28. The Kier molecular flexibility index (Phi) is 5.45. The highest BCUT2D eigenvalue weighted by Gasteiger charge is 2.43. The van der Waals surface area contributed by atoms with Crippen molar-refractivity contribution in [1.29, 1.82) is 0 Å². The summed E-state index contributed by atoms with van der Waals surface area (Å²) < 4.78 is 5.79. The molecule has 0 unspecified atom stereocenters. The van der Waals surface area contributed by atoms with Crippen molar-refractivity contribution < 1.29 is 19.4 Å². The smallest absolute Gasteiger partial charge is 0.314 e. The van der Waals surface area contributed by atoms with Crippen molar-refractivity contribution in [3.8, 4) is 5.75 Å². The highest BCUT2D eigenvalue weighted by Crippen LogP contribution is 2.36. The number of carboxylic acids is 1. The maximum Gasteiger partial charge on any atom is 0.314 e. The Bertz CT molecular complexity index is 829. The minimum absolute atomic E-state index is 0.0747. The first-order valence-electron chi connectivity index (χ1n) is 9.59. The maximum absolute atomic E-state index is 12.9. The Hall–Kier alpha value is -2.82. The van der Waals surface area contributed by atoms with Gasteiger partial charge in [-0.1, -0.05) is 30.3 Å². The van der Waals surface area contributed by atoms with Gasteiger partial charge in [0.2, 0.25) is 0 Å². The summed E-state index contributed by atoms with van der Waals surface area (Å²) >= 11 is 0. The highest BCUT2D eigenvalue weighted by atomic mass is 16.5. The fourth-order valence-corrected chi connectivity index (χ4v) is 3.68. The summed E-state index contributed by atoms with van der Waals surface area (Å²) in [6.45, 7) is 6.75. The number of nitrogens with zero attached hydrogens (tertiary/aromatic N) is 1. The lowest BCUT2D eigenvalue weighted by Crippen LogP contribution is -2.49. The van der Waals surface area contributed by atoms with E-state index in [-0.39, 0.29) is 11.5 Å². The molecule has 0 saturated carbocycles. The first kappa shape index (κ1) is 19.9. The van der Waals surface area contributed by atoms with Gasteiger partial charge < -0.3 is 14.7 Å². The van der Waals surface area contributed by atoms with Crippen LogP contribution in [0.3, 0.4) is 0 Å². The van der Waals surface area contributed by atoms with E-state index in [1.807, 2.05) is 51.1 Å². The summed E-state index contributed by atoms with van der Waals surface area (Å²) in [7, 11) is 0. The van der Waals surface area contributed by atoms with Crippen LogP contribution in [0.4, 0.5) is 0 Å². The molecule has 0 radical (unpaired) electrons. The van der Waals surface area contributed by atoms with Gasteiger partial charge in [0.15, 0.2) is 0 Å². The van der Waals surface area contributed by atoms with Crippen LogP contribution >= 0.6 is 0 Å². The Morgan fingerprint density at radius 3 is 2.04 bits per heavy atom. The SMILES string of the molecule is CC(C)(C)Oc1ccc(C(=O)N2CCC(C(=O)O)(c3ccccc3)CC2)cc1. The lowest BCUT2D eigenvalue weighted by molar-refractivity contribution is -0.145. The van der Waals surface area contributed by atoms with Crippen LogP contribution < -0.4 is 4.74 Å². The van der Waals surface area contributed by atoms with Gasteiger partial charge >= 0.3 is 5.97 Å².